The van der Waals surface area contributed by atoms with Crippen LogP contribution in [0.2, 0.25) is 0 Å². The van der Waals surface area contributed by atoms with E-state index >= 15 is 0 Å². The molecule has 0 nitrogen and oxygen atoms in total. The van der Waals surface area contributed by atoms with Gasteiger partial charge in [-0.1, -0.05) is 77.9 Å². The molecule has 13 rings (SSSR count). The van der Waals surface area contributed by atoms with Gasteiger partial charge in [0.25, 0.3) is 0 Å². The van der Waals surface area contributed by atoms with Crippen molar-refractivity contribution in [2.75, 3.05) is 0 Å². The Kier molecular flexibility index (Phi) is 6.02. The Balaban J connectivity index is 1.32. The van der Waals surface area contributed by atoms with Crippen LogP contribution in [0.25, 0.3) is 97.0 Å². The SMILES string of the molecule is CCC1(CC)c2cc3ccc4cc5c6cc4c3cc2c2cc3c(ccc4cc7c(cc43)c3cc4c(ccc8cc(c6cc84)C5(CC)CC)cc3C7(CC)CC)cc21. The lowest BCUT2D eigenvalue weighted by molar-refractivity contribution is 0.492. The number of hydrogen-bond donors (Lipinski definition) is 0. The molecule has 0 saturated heterocycles. The Labute approximate surface area is 334 Å². The second kappa shape index (κ2) is 10.5. The molecule has 0 spiro atoms. The van der Waals surface area contributed by atoms with Gasteiger partial charge in [0.2, 0.25) is 0 Å². The molecule has 0 aromatic heterocycles. The fraction of sp³-hybridized carbons (Fsp3) is 0.263. The van der Waals surface area contributed by atoms with E-state index in [9.17, 15) is 0 Å². The van der Waals surface area contributed by atoms with Crippen molar-refractivity contribution in [1.82, 2.24) is 0 Å². The van der Waals surface area contributed by atoms with Crippen LogP contribution in [0.4, 0.5) is 0 Å². The van der Waals surface area contributed by atoms with Gasteiger partial charge in [-0.25, -0.2) is 0 Å². The van der Waals surface area contributed by atoms with Crippen LogP contribution in [0.1, 0.15) is 113 Å². The zero-order chi connectivity index (χ0) is 38.3. The average molecular weight is 733 g/mol. The van der Waals surface area contributed by atoms with Crippen LogP contribution in [-0.2, 0) is 16.2 Å². The van der Waals surface area contributed by atoms with E-state index in [1.807, 2.05) is 0 Å². The number of rotatable bonds is 6. The van der Waals surface area contributed by atoms with Crippen LogP contribution in [0.5, 0.6) is 0 Å². The summed E-state index contributed by atoms with van der Waals surface area (Å²) in [5, 5.41) is 25.1. The standard InChI is InChI=1S/C57H48/c1-7-55(8-2)49-19-31-13-15-33-21-51-45-27-39(33)37(31)25-43(49)44-26-38-32(20-50(44)55)14-16-34-22-52-46(28-40(34)38)48-30-42-36(24-54(48)57(52,11-5)12-6)18-17-35-23-53(47(45)29-41(35)42)56(51,9-3)10-4/h13-30H,7-12H2,1-6H3. The maximum atomic E-state index is 2.60. The van der Waals surface area contributed by atoms with Crippen LogP contribution >= 0.6 is 0 Å². The maximum absolute atomic E-state index is 2.60. The minimum Gasteiger partial charge on any atom is -0.0642 e. The Morgan fingerprint density at radius 2 is 0.386 bits per heavy atom. The number of hydrogen-bond acceptors (Lipinski definition) is 0. The molecule has 0 atom stereocenters. The Morgan fingerprint density at radius 3 is 0.526 bits per heavy atom. The first-order valence-electron chi connectivity index (χ1n) is 22.0. The summed E-state index contributed by atoms with van der Waals surface area (Å²) in [5.41, 5.74) is 9.07. The predicted octanol–water partition coefficient (Wildman–Crippen LogP) is 16.3. The van der Waals surface area contributed by atoms with Gasteiger partial charge in [0.05, 0.1) is 0 Å². The molecule has 0 heteroatoms. The molecule has 10 aromatic rings. The predicted molar refractivity (Wildman–Crippen MR) is 248 cm³/mol. The summed E-state index contributed by atoms with van der Waals surface area (Å²) in [5.74, 6) is 0. The van der Waals surface area contributed by atoms with E-state index in [2.05, 4.69) is 151 Å². The third kappa shape index (κ3) is 3.53. The third-order valence-electron chi connectivity index (χ3n) is 16.9. The molecule has 3 aliphatic carbocycles. The minimum absolute atomic E-state index is 0.00427. The van der Waals surface area contributed by atoms with Gasteiger partial charge in [-0.05, 0) is 242 Å². The van der Waals surface area contributed by atoms with Gasteiger partial charge < -0.3 is 0 Å². The summed E-state index contributed by atoms with van der Waals surface area (Å²) in [6.45, 7) is 14.5. The highest BCUT2D eigenvalue weighted by molar-refractivity contribution is 6.22. The average Bonchev–Trinajstić information content (AvgIpc) is 3.79. The summed E-state index contributed by atoms with van der Waals surface area (Å²) in [7, 11) is 0. The minimum atomic E-state index is -0.00427. The largest absolute Gasteiger partial charge is 0.0642 e. The third-order valence-corrected chi connectivity index (χ3v) is 16.9. The van der Waals surface area contributed by atoms with E-state index in [-0.39, 0.29) is 16.2 Å². The lowest BCUT2D eigenvalue weighted by Crippen LogP contribution is -2.23. The van der Waals surface area contributed by atoms with Crippen molar-refractivity contribution >= 4 is 97.0 Å². The lowest BCUT2D eigenvalue weighted by Gasteiger charge is -2.31. The van der Waals surface area contributed by atoms with Crippen molar-refractivity contribution in [3.63, 3.8) is 0 Å². The molecule has 0 aliphatic heterocycles. The topological polar surface area (TPSA) is 0 Å². The second-order valence-electron chi connectivity index (χ2n) is 18.3. The molecule has 0 amide bonds. The van der Waals surface area contributed by atoms with E-state index in [4.69, 9.17) is 0 Å². The molecule has 276 valence electrons. The summed E-state index contributed by atoms with van der Waals surface area (Å²) in [4.78, 5) is 0. The maximum Gasteiger partial charge on any atom is 0.0210 e. The second-order valence-corrected chi connectivity index (χ2v) is 18.3. The van der Waals surface area contributed by atoms with Crippen LogP contribution in [0, 0.1) is 0 Å². The molecule has 12 bridgehead atoms. The molecule has 0 radical (unpaired) electrons. The normalized spacial score (nSPS) is 16.7. The molecule has 57 heavy (non-hydrogen) atoms. The quantitative estimate of drug-likeness (QED) is 0.149. The molecule has 3 aliphatic rings. The monoisotopic (exact) mass is 732 g/mol. The Hall–Kier alpha value is -5.46. The van der Waals surface area contributed by atoms with Gasteiger partial charge in [0.1, 0.15) is 0 Å². The highest BCUT2D eigenvalue weighted by Crippen LogP contribution is 2.57. The van der Waals surface area contributed by atoms with Crippen molar-refractivity contribution in [1.29, 1.82) is 0 Å². The van der Waals surface area contributed by atoms with Gasteiger partial charge in [-0.3, -0.25) is 0 Å². The van der Waals surface area contributed by atoms with Gasteiger partial charge in [0.15, 0.2) is 0 Å². The summed E-state index contributed by atoms with van der Waals surface area (Å²) in [6, 6.07) is 45.6. The number of benzene rings is 9. The molecule has 0 saturated carbocycles. The zero-order valence-corrected chi connectivity index (χ0v) is 34.1. The summed E-state index contributed by atoms with van der Waals surface area (Å²) >= 11 is 0. The van der Waals surface area contributed by atoms with E-state index in [0.717, 1.165) is 38.5 Å². The van der Waals surface area contributed by atoms with E-state index in [1.165, 1.54) is 130 Å². The van der Waals surface area contributed by atoms with Gasteiger partial charge in [-0.15, -0.1) is 0 Å². The molecule has 10 aromatic carbocycles. The van der Waals surface area contributed by atoms with Crippen LogP contribution in [-0.4, -0.2) is 0 Å². The molecule has 0 unspecified atom stereocenters. The van der Waals surface area contributed by atoms with Crippen molar-refractivity contribution in [3.8, 4) is 0 Å². The van der Waals surface area contributed by atoms with E-state index < -0.39 is 0 Å². The first-order valence-corrected chi connectivity index (χ1v) is 22.0. The van der Waals surface area contributed by atoms with Crippen LogP contribution < -0.4 is 0 Å². The van der Waals surface area contributed by atoms with Gasteiger partial charge in [-0.2, -0.15) is 0 Å². The van der Waals surface area contributed by atoms with Gasteiger partial charge in [0, 0.05) is 16.2 Å². The smallest absolute Gasteiger partial charge is 0.0210 e. The van der Waals surface area contributed by atoms with E-state index in [1.54, 1.807) is 0 Å². The zero-order valence-electron chi connectivity index (χ0n) is 34.1. The van der Waals surface area contributed by atoms with Gasteiger partial charge >= 0.3 is 0 Å². The first kappa shape index (κ1) is 32.6. The molecular weight excluding hydrogens is 685 g/mol. The highest BCUT2D eigenvalue weighted by atomic mass is 14.4. The Bertz CT molecular complexity index is 2930. The molecule has 0 N–H and O–H groups in total. The van der Waals surface area contributed by atoms with E-state index in [0.29, 0.717) is 0 Å². The fourth-order valence-electron chi connectivity index (χ4n) is 13.6. The Morgan fingerprint density at radius 1 is 0.228 bits per heavy atom. The van der Waals surface area contributed by atoms with Crippen molar-refractivity contribution in [2.45, 2.75) is 96.3 Å². The first-order chi connectivity index (χ1) is 27.8. The van der Waals surface area contributed by atoms with Crippen LogP contribution in [0.15, 0.2) is 109 Å². The van der Waals surface area contributed by atoms with Crippen molar-refractivity contribution in [3.05, 3.63) is 143 Å². The summed E-state index contributed by atoms with van der Waals surface area (Å²) in [6.07, 6.45) is 6.54. The van der Waals surface area contributed by atoms with Crippen LogP contribution in [0.3, 0.4) is 0 Å². The lowest BCUT2D eigenvalue weighted by atomic mass is 9.72. The summed E-state index contributed by atoms with van der Waals surface area (Å²) < 4.78 is 0. The highest BCUT2D eigenvalue weighted by Gasteiger charge is 2.42. The van der Waals surface area contributed by atoms with Crippen molar-refractivity contribution < 1.29 is 0 Å². The van der Waals surface area contributed by atoms with Crippen molar-refractivity contribution in [2.24, 2.45) is 0 Å². The molecule has 0 fully saturated rings. The molecule has 0 heterocycles. The molecular formula is C57H48. The fourth-order valence-corrected chi connectivity index (χ4v) is 13.6.